The molecule has 1 saturated carbocycles. The summed E-state index contributed by atoms with van der Waals surface area (Å²) < 4.78 is 60.1. The molecule has 19 heteroatoms. The van der Waals surface area contributed by atoms with Crippen LogP contribution in [0.4, 0.5) is 0 Å². The Hall–Kier alpha value is -8.32. The van der Waals surface area contributed by atoms with Crippen molar-refractivity contribution in [2.24, 2.45) is 23.7 Å². The molecule has 0 spiro atoms. The number of carbonyl (C=O) groups excluding carboxylic acids is 8. The molecule has 0 N–H and O–H groups in total. The summed E-state index contributed by atoms with van der Waals surface area (Å²) >= 11 is 0. The van der Waals surface area contributed by atoms with Crippen molar-refractivity contribution >= 4 is 47.8 Å². The van der Waals surface area contributed by atoms with E-state index in [9.17, 15) is 38.4 Å². The lowest BCUT2D eigenvalue weighted by Crippen LogP contribution is -2.31. The molecule has 19 nitrogen and oxygen atoms in total. The maximum absolute atomic E-state index is 13.7. The van der Waals surface area contributed by atoms with Crippen LogP contribution < -0.4 is 28.4 Å². The van der Waals surface area contributed by atoms with Crippen molar-refractivity contribution in [3.8, 4) is 34.5 Å². The van der Waals surface area contributed by atoms with Crippen LogP contribution in [-0.2, 0) is 42.9 Å². The highest BCUT2D eigenvalue weighted by Crippen LogP contribution is 2.35. The maximum atomic E-state index is 13.7. The SMILES string of the molecule is C=CC(=O)OCCCCOc1ccc(C(=O)Oc2ccc(OC(=O)C3CCC(C(=O)Oc4ccc(OC(=O)c5ccc(OCCCCOC(=O)C=C)cc5)cc4C(=O)OCC(C)CC)CC3)c(C(=O)OCC(C)CC)c2)cc1.CC.CCOCC. The predicted octanol–water partition coefficient (Wildman–Crippen LogP) is 12.7. The molecule has 0 aromatic heterocycles. The molecule has 0 aliphatic heterocycles. The average Bonchev–Trinajstić information content (AvgIpc) is 3.61. The van der Waals surface area contributed by atoms with Crippen molar-refractivity contribution in [3.63, 3.8) is 0 Å². The Morgan fingerprint density at radius 1 is 0.459 bits per heavy atom. The molecule has 2 unspecified atom stereocenters. The Labute approximate surface area is 499 Å². The Kier molecular flexibility index (Phi) is 33.4. The van der Waals surface area contributed by atoms with Gasteiger partial charge >= 0.3 is 47.8 Å². The first-order chi connectivity index (χ1) is 41.0. The number of ether oxygens (including phenoxy) is 11. The summed E-state index contributed by atoms with van der Waals surface area (Å²) in [7, 11) is 0. The molecule has 0 amide bonds. The van der Waals surface area contributed by atoms with Gasteiger partial charge in [0.25, 0.3) is 0 Å². The number of rotatable bonds is 32. The van der Waals surface area contributed by atoms with Crippen LogP contribution in [0.3, 0.4) is 0 Å². The lowest BCUT2D eigenvalue weighted by Gasteiger charge is -2.26. The van der Waals surface area contributed by atoms with Crippen LogP contribution in [0, 0.1) is 23.7 Å². The van der Waals surface area contributed by atoms with Gasteiger partial charge in [-0.1, -0.05) is 67.5 Å². The topological polar surface area (TPSA) is 238 Å². The molecule has 0 bridgehead atoms. The molecule has 1 fully saturated rings. The monoisotopic (exact) mass is 1180 g/mol. The first-order valence-corrected chi connectivity index (χ1v) is 29.1. The highest BCUT2D eigenvalue weighted by atomic mass is 16.6. The maximum Gasteiger partial charge on any atom is 0.343 e. The minimum Gasteiger partial charge on any atom is -0.494 e. The van der Waals surface area contributed by atoms with Crippen molar-refractivity contribution < 1.29 is 90.5 Å². The van der Waals surface area contributed by atoms with Crippen LogP contribution in [0.1, 0.15) is 161 Å². The van der Waals surface area contributed by atoms with Crippen LogP contribution in [0.25, 0.3) is 0 Å². The van der Waals surface area contributed by atoms with E-state index in [1.165, 1.54) is 60.7 Å². The van der Waals surface area contributed by atoms with Crippen LogP contribution >= 0.6 is 0 Å². The lowest BCUT2D eigenvalue weighted by atomic mass is 9.82. The summed E-state index contributed by atoms with van der Waals surface area (Å²) in [5.74, 6) is -5.67. The minimum atomic E-state index is -0.787. The molecule has 5 rings (SSSR count). The largest absolute Gasteiger partial charge is 0.494 e. The molecular formula is C66H84O19. The van der Waals surface area contributed by atoms with Crippen LogP contribution in [0.15, 0.2) is 110 Å². The normalized spacial score (nSPS) is 13.8. The van der Waals surface area contributed by atoms with Crippen LogP contribution in [0.2, 0.25) is 0 Å². The Balaban J connectivity index is 0.00000256. The zero-order valence-corrected chi connectivity index (χ0v) is 50.4. The van der Waals surface area contributed by atoms with Crippen molar-refractivity contribution in [3.05, 3.63) is 132 Å². The second-order valence-electron chi connectivity index (χ2n) is 19.4. The van der Waals surface area contributed by atoms with E-state index in [1.54, 1.807) is 24.3 Å². The van der Waals surface area contributed by atoms with Gasteiger partial charge in [0, 0.05) is 25.4 Å². The molecule has 0 saturated heterocycles. The molecule has 0 heterocycles. The van der Waals surface area contributed by atoms with Gasteiger partial charge in [-0.25, -0.2) is 28.8 Å². The predicted molar refractivity (Wildman–Crippen MR) is 317 cm³/mol. The van der Waals surface area contributed by atoms with Gasteiger partial charge in [-0.2, -0.15) is 0 Å². The number of hydrogen-bond donors (Lipinski definition) is 0. The number of benzene rings is 4. The third-order valence-electron chi connectivity index (χ3n) is 13.0. The zero-order valence-electron chi connectivity index (χ0n) is 50.4. The van der Waals surface area contributed by atoms with E-state index in [2.05, 4.69) is 13.2 Å². The fourth-order valence-electron chi connectivity index (χ4n) is 7.58. The number of hydrogen-bond acceptors (Lipinski definition) is 19. The molecule has 1 aliphatic carbocycles. The summed E-state index contributed by atoms with van der Waals surface area (Å²) in [6.45, 7) is 25.5. The molecule has 4 aromatic carbocycles. The highest BCUT2D eigenvalue weighted by molar-refractivity contribution is 5.97. The van der Waals surface area contributed by atoms with E-state index in [4.69, 9.17) is 52.1 Å². The van der Waals surface area contributed by atoms with E-state index in [0.717, 1.165) is 38.2 Å². The van der Waals surface area contributed by atoms with E-state index in [1.807, 2.05) is 55.4 Å². The van der Waals surface area contributed by atoms with Gasteiger partial charge in [0.2, 0.25) is 0 Å². The van der Waals surface area contributed by atoms with Crippen LogP contribution in [-0.4, -0.2) is 101 Å². The molecule has 85 heavy (non-hydrogen) atoms. The van der Waals surface area contributed by atoms with Crippen molar-refractivity contribution in [1.82, 2.24) is 0 Å². The standard InChI is InChI=1S/C60H68O18.C4H10O.C2H6/c1-7-39(5)37-73-59(67)49-35-47(75-55(63)43-19-23-45(24-20-43)69-31-11-13-33-71-53(61)9-3)27-29-51(49)77-57(65)41-15-17-42(18-16-41)58(66)78-52-30-28-48(36-50(52)60(68)74-38-40(6)8-2)76-56(64)44-21-25-46(26-22-44)70-32-12-14-34-72-54(62)10-4;1-3-5-4-2;1-2/h9-10,19-30,35-36,39-42H,3-4,7-8,11-18,31-34,37-38H2,1-2,5-6H3;3-4H2,1-2H3;1-2H3. The highest BCUT2D eigenvalue weighted by Gasteiger charge is 2.34. The smallest absolute Gasteiger partial charge is 0.343 e. The zero-order chi connectivity index (χ0) is 62.5. The molecule has 2 atom stereocenters. The fourth-order valence-corrected chi connectivity index (χ4v) is 7.58. The lowest BCUT2D eigenvalue weighted by molar-refractivity contribution is -0.145. The third kappa shape index (κ3) is 26.0. The molecular weight excluding hydrogens is 1100 g/mol. The number of carbonyl (C=O) groups is 8. The molecule has 462 valence electrons. The van der Waals surface area contributed by atoms with Gasteiger partial charge in [-0.05, 0) is 162 Å². The first kappa shape index (κ1) is 70.9. The van der Waals surface area contributed by atoms with Gasteiger partial charge in [-0.3, -0.25) is 9.59 Å². The van der Waals surface area contributed by atoms with Crippen molar-refractivity contribution in [1.29, 1.82) is 0 Å². The van der Waals surface area contributed by atoms with Gasteiger partial charge in [-0.15, -0.1) is 0 Å². The van der Waals surface area contributed by atoms with E-state index in [-0.39, 0.29) is 109 Å². The molecule has 1 aliphatic rings. The average molecular weight is 1180 g/mol. The van der Waals surface area contributed by atoms with E-state index in [0.29, 0.717) is 50.4 Å². The third-order valence-corrected chi connectivity index (χ3v) is 13.0. The first-order valence-electron chi connectivity index (χ1n) is 29.1. The minimum absolute atomic E-state index is 0.00106. The number of esters is 8. The van der Waals surface area contributed by atoms with Crippen LogP contribution in [0.5, 0.6) is 34.5 Å². The Bertz CT molecular complexity index is 2570. The van der Waals surface area contributed by atoms with Gasteiger partial charge in [0.15, 0.2) is 0 Å². The van der Waals surface area contributed by atoms with E-state index >= 15 is 0 Å². The van der Waals surface area contributed by atoms with Gasteiger partial charge in [0.05, 0.1) is 62.6 Å². The molecule has 0 radical (unpaired) electrons. The summed E-state index contributed by atoms with van der Waals surface area (Å²) in [6.07, 6.45) is 7.08. The second kappa shape index (κ2) is 40.0. The molecule has 4 aromatic rings. The summed E-state index contributed by atoms with van der Waals surface area (Å²) in [4.78, 5) is 103. The second-order valence-corrected chi connectivity index (χ2v) is 19.4. The summed E-state index contributed by atoms with van der Waals surface area (Å²) in [5, 5.41) is 0. The van der Waals surface area contributed by atoms with E-state index < -0.39 is 59.6 Å². The van der Waals surface area contributed by atoms with Gasteiger partial charge < -0.3 is 52.1 Å². The van der Waals surface area contributed by atoms with Crippen molar-refractivity contribution in [2.75, 3.05) is 52.9 Å². The van der Waals surface area contributed by atoms with Crippen molar-refractivity contribution in [2.45, 2.75) is 120 Å². The van der Waals surface area contributed by atoms with Gasteiger partial charge in [0.1, 0.15) is 45.6 Å². The Morgan fingerprint density at radius 3 is 1.12 bits per heavy atom. The number of unbranched alkanes of at least 4 members (excludes halogenated alkanes) is 2. The Morgan fingerprint density at radius 2 is 0.800 bits per heavy atom. The fraction of sp³-hybridized carbons (Fsp3) is 0.455. The quantitative estimate of drug-likeness (QED) is 0.0145. The summed E-state index contributed by atoms with van der Waals surface area (Å²) in [6, 6.07) is 20.6. The summed E-state index contributed by atoms with van der Waals surface area (Å²) in [5.41, 5.74) is 0.140.